The molecule has 0 heterocycles. The lowest BCUT2D eigenvalue weighted by molar-refractivity contribution is 0.403. The Kier molecular flexibility index (Phi) is 8.49. The Morgan fingerprint density at radius 1 is 1.25 bits per heavy atom. The highest BCUT2D eigenvalue weighted by atomic mass is 35.5. The van der Waals surface area contributed by atoms with Crippen LogP contribution < -0.4 is 0 Å². The first kappa shape index (κ1) is 15.6. The molecule has 0 aromatic heterocycles. The Morgan fingerprint density at radius 3 is 2.31 bits per heavy atom. The van der Waals surface area contributed by atoms with E-state index in [2.05, 4.69) is 33.6 Å². The van der Waals surface area contributed by atoms with Gasteiger partial charge in [-0.3, -0.25) is 0 Å². The molecule has 0 aliphatic rings. The summed E-state index contributed by atoms with van der Waals surface area (Å²) in [6.45, 7) is 8.82. The molecule has 2 unspecified atom stereocenters. The zero-order chi connectivity index (χ0) is 12.6. The Hall–Kier alpha value is -0.410. The van der Waals surface area contributed by atoms with Crippen LogP contribution in [0.3, 0.4) is 0 Å². The second kappa shape index (κ2) is 8.71. The molecular weight excluding hydrogens is 216 g/mol. The van der Waals surface area contributed by atoms with E-state index in [1.165, 1.54) is 19.3 Å². The largest absolute Gasteiger partial charge is 0.115 e. The molecule has 0 N–H and O–H groups in total. The zero-order valence-electron chi connectivity index (χ0n) is 11.1. The van der Waals surface area contributed by atoms with Gasteiger partial charge in [0, 0.05) is 10.6 Å². The van der Waals surface area contributed by atoms with Crippen LogP contribution in [-0.4, -0.2) is 0 Å². The normalized spacial score (nSPS) is 16.2. The molecule has 0 bridgehead atoms. The maximum Gasteiger partial charge on any atom is 0.0299 e. The molecule has 16 heavy (non-hydrogen) atoms. The lowest BCUT2D eigenvalue weighted by Crippen LogP contribution is -2.11. The van der Waals surface area contributed by atoms with Crippen LogP contribution in [0.5, 0.6) is 0 Å². The summed E-state index contributed by atoms with van der Waals surface area (Å²) in [5.74, 6) is 3.83. The van der Waals surface area contributed by atoms with E-state index < -0.39 is 0 Å². The lowest BCUT2D eigenvalue weighted by atomic mass is 9.85. The number of hydrogen-bond acceptors (Lipinski definition) is 0. The molecule has 0 spiro atoms. The van der Waals surface area contributed by atoms with E-state index in [9.17, 15) is 0 Å². The first-order chi connectivity index (χ1) is 7.58. The number of halogens is 1. The van der Waals surface area contributed by atoms with Crippen LogP contribution in [0.2, 0.25) is 0 Å². The van der Waals surface area contributed by atoms with E-state index in [1.54, 1.807) is 0 Å². The van der Waals surface area contributed by atoms with E-state index in [1.807, 2.05) is 0 Å². The minimum atomic E-state index is 0.413. The molecule has 0 aromatic rings. The van der Waals surface area contributed by atoms with Crippen LogP contribution in [0.15, 0.2) is 10.6 Å². The van der Waals surface area contributed by atoms with Gasteiger partial charge in [-0.25, -0.2) is 0 Å². The van der Waals surface area contributed by atoms with Crippen LogP contribution in [0.4, 0.5) is 0 Å². The molecule has 1 heteroatoms. The minimum absolute atomic E-state index is 0.413. The highest BCUT2D eigenvalue weighted by Gasteiger charge is 2.17. The third-order valence-corrected chi connectivity index (χ3v) is 3.63. The van der Waals surface area contributed by atoms with Gasteiger partial charge in [0.1, 0.15) is 0 Å². The van der Waals surface area contributed by atoms with Gasteiger partial charge in [-0.1, -0.05) is 70.9 Å². The summed E-state index contributed by atoms with van der Waals surface area (Å²) in [6.07, 6.45) is 11.3. The van der Waals surface area contributed by atoms with Crippen molar-refractivity contribution < 1.29 is 0 Å². The van der Waals surface area contributed by atoms with Crippen LogP contribution in [0, 0.1) is 24.2 Å². The van der Waals surface area contributed by atoms with Crippen molar-refractivity contribution in [2.24, 2.45) is 11.8 Å². The van der Waals surface area contributed by atoms with Crippen molar-refractivity contribution >= 4 is 11.6 Å². The van der Waals surface area contributed by atoms with Gasteiger partial charge < -0.3 is 0 Å². The molecule has 2 atom stereocenters. The summed E-state index contributed by atoms with van der Waals surface area (Å²) in [5, 5.41) is 0.890. The number of terminal acetylenes is 1. The van der Waals surface area contributed by atoms with Crippen molar-refractivity contribution in [2.75, 3.05) is 0 Å². The number of unbranched alkanes of at least 4 members (excludes halogenated alkanes) is 1. The monoisotopic (exact) mass is 240 g/mol. The van der Waals surface area contributed by atoms with Gasteiger partial charge in [0.05, 0.1) is 0 Å². The molecule has 92 valence electrons. The zero-order valence-corrected chi connectivity index (χ0v) is 11.9. The Bertz CT molecular complexity index is 257. The van der Waals surface area contributed by atoms with Gasteiger partial charge in [0.2, 0.25) is 0 Å². The molecule has 0 aliphatic heterocycles. The highest BCUT2D eigenvalue weighted by molar-refractivity contribution is 6.30. The molecule has 0 fully saturated rings. The topological polar surface area (TPSA) is 0 Å². The summed E-state index contributed by atoms with van der Waals surface area (Å²) >= 11 is 6.26. The predicted octanol–water partition coefficient (Wildman–Crippen LogP) is 5.38. The molecule has 0 nitrogen and oxygen atoms in total. The number of allylic oxidation sites excluding steroid dienone is 2. The fourth-order valence-electron chi connectivity index (χ4n) is 1.87. The van der Waals surface area contributed by atoms with Gasteiger partial charge in [-0.05, 0) is 18.3 Å². The minimum Gasteiger partial charge on any atom is -0.115 e. The van der Waals surface area contributed by atoms with E-state index in [0.29, 0.717) is 11.8 Å². The van der Waals surface area contributed by atoms with E-state index in [4.69, 9.17) is 18.0 Å². The fourth-order valence-corrected chi connectivity index (χ4v) is 2.29. The molecule has 0 saturated carbocycles. The lowest BCUT2D eigenvalue weighted by Gasteiger charge is -2.21. The summed E-state index contributed by atoms with van der Waals surface area (Å²) in [4.78, 5) is 0. The van der Waals surface area contributed by atoms with Crippen molar-refractivity contribution in [2.45, 2.75) is 59.8 Å². The highest BCUT2D eigenvalue weighted by Crippen LogP contribution is 2.29. The molecule has 0 rings (SSSR count). The van der Waals surface area contributed by atoms with Gasteiger partial charge in [-0.2, -0.15) is 0 Å². The van der Waals surface area contributed by atoms with Crippen molar-refractivity contribution in [3.63, 3.8) is 0 Å². The van der Waals surface area contributed by atoms with E-state index in [0.717, 1.165) is 23.4 Å². The van der Waals surface area contributed by atoms with E-state index in [-0.39, 0.29) is 0 Å². The standard InChI is InChI=1S/C15H25Cl/c1-6-9-11-12(4)13(5)14(8-3)15(16)10-7-2/h3,12-13H,6-7,9-11H2,1-2,4-5H3/b15-14-. The van der Waals surface area contributed by atoms with Crippen molar-refractivity contribution in [1.29, 1.82) is 0 Å². The van der Waals surface area contributed by atoms with Crippen LogP contribution in [0.25, 0.3) is 0 Å². The summed E-state index contributed by atoms with van der Waals surface area (Å²) in [6, 6.07) is 0. The van der Waals surface area contributed by atoms with Crippen molar-refractivity contribution in [3.8, 4) is 12.3 Å². The summed E-state index contributed by atoms with van der Waals surface area (Å²) < 4.78 is 0. The smallest absolute Gasteiger partial charge is 0.0299 e. The SMILES string of the molecule is C#C/C(=C(/Cl)CCC)C(C)C(C)CCCC. The molecular formula is C15H25Cl. The Labute approximate surface area is 106 Å². The first-order valence-electron chi connectivity index (χ1n) is 6.43. The average Bonchev–Trinajstić information content (AvgIpc) is 2.27. The molecule has 0 saturated heterocycles. The molecule has 0 amide bonds. The van der Waals surface area contributed by atoms with Gasteiger partial charge >= 0.3 is 0 Å². The van der Waals surface area contributed by atoms with Gasteiger partial charge in [-0.15, -0.1) is 6.42 Å². The first-order valence-corrected chi connectivity index (χ1v) is 6.81. The molecule has 0 aliphatic carbocycles. The maximum absolute atomic E-state index is 6.26. The summed E-state index contributed by atoms with van der Waals surface area (Å²) in [5.41, 5.74) is 1.02. The fraction of sp³-hybridized carbons (Fsp3) is 0.733. The average molecular weight is 241 g/mol. The molecule has 0 aromatic carbocycles. The number of hydrogen-bond donors (Lipinski definition) is 0. The molecule has 0 radical (unpaired) electrons. The Balaban J connectivity index is 4.59. The van der Waals surface area contributed by atoms with Crippen molar-refractivity contribution in [3.05, 3.63) is 10.6 Å². The predicted molar refractivity (Wildman–Crippen MR) is 74.5 cm³/mol. The van der Waals surface area contributed by atoms with Crippen molar-refractivity contribution in [1.82, 2.24) is 0 Å². The van der Waals surface area contributed by atoms with E-state index >= 15 is 0 Å². The van der Waals surface area contributed by atoms with Gasteiger partial charge in [0.15, 0.2) is 0 Å². The quantitative estimate of drug-likeness (QED) is 0.525. The summed E-state index contributed by atoms with van der Waals surface area (Å²) in [7, 11) is 0. The second-order valence-electron chi connectivity index (χ2n) is 4.62. The van der Waals surface area contributed by atoms with Crippen LogP contribution >= 0.6 is 11.6 Å². The third kappa shape index (κ3) is 5.08. The Morgan fingerprint density at radius 2 is 1.88 bits per heavy atom. The van der Waals surface area contributed by atoms with Crippen LogP contribution in [0.1, 0.15) is 59.8 Å². The van der Waals surface area contributed by atoms with Gasteiger partial charge in [0.25, 0.3) is 0 Å². The van der Waals surface area contributed by atoms with Crippen LogP contribution in [-0.2, 0) is 0 Å². The number of rotatable bonds is 7. The second-order valence-corrected chi connectivity index (χ2v) is 5.08. The third-order valence-electron chi connectivity index (χ3n) is 3.24. The maximum atomic E-state index is 6.26.